The Hall–Kier alpha value is -3.78. The highest BCUT2D eigenvalue weighted by molar-refractivity contribution is 5.76. The number of benzene rings is 2. The van der Waals surface area contributed by atoms with Gasteiger partial charge in [-0.05, 0) is 23.6 Å². The maximum Gasteiger partial charge on any atom is 0.348 e. The second-order valence-corrected chi connectivity index (χ2v) is 6.60. The van der Waals surface area contributed by atoms with Gasteiger partial charge in [0, 0.05) is 19.4 Å². The first-order valence-electron chi connectivity index (χ1n) is 9.07. The molecule has 3 rings (SSSR count). The van der Waals surface area contributed by atoms with Crippen LogP contribution in [0.15, 0.2) is 72.9 Å². The maximum absolute atomic E-state index is 12.4. The van der Waals surface area contributed by atoms with E-state index in [1.165, 1.54) is 19.4 Å². The lowest BCUT2D eigenvalue weighted by atomic mass is 9.81. The van der Waals surface area contributed by atoms with Gasteiger partial charge in [-0.15, -0.1) is 0 Å². The van der Waals surface area contributed by atoms with Crippen molar-refractivity contribution in [1.29, 1.82) is 0 Å². The molecule has 0 radical (unpaired) electrons. The largest absolute Gasteiger partial charge is 0.478 e. The van der Waals surface area contributed by atoms with Gasteiger partial charge in [-0.25, -0.2) is 9.78 Å². The summed E-state index contributed by atoms with van der Waals surface area (Å²) in [6, 6.07) is 18.7. The Morgan fingerprint density at radius 1 is 1.10 bits per heavy atom. The number of pyridine rings is 1. The molecule has 3 aromatic rings. The van der Waals surface area contributed by atoms with Crippen LogP contribution in [0, 0.1) is 17.0 Å². The van der Waals surface area contributed by atoms with E-state index >= 15 is 0 Å². The van der Waals surface area contributed by atoms with Gasteiger partial charge in [0.25, 0.3) is 5.88 Å². The lowest BCUT2D eigenvalue weighted by Gasteiger charge is -2.37. The zero-order valence-electron chi connectivity index (χ0n) is 16.4. The molecule has 1 aromatic heterocycles. The Bertz CT molecular complexity index is 1000. The van der Waals surface area contributed by atoms with Gasteiger partial charge in [-0.2, -0.15) is 0 Å². The molecule has 0 aliphatic heterocycles. The molecule has 8 heteroatoms. The van der Waals surface area contributed by atoms with E-state index in [4.69, 9.17) is 9.47 Å². The average molecular weight is 408 g/mol. The number of aliphatic carboxylic acids is 1. The summed E-state index contributed by atoms with van der Waals surface area (Å²) >= 11 is 0. The smallest absolute Gasteiger partial charge is 0.348 e. The van der Waals surface area contributed by atoms with Crippen molar-refractivity contribution >= 4 is 11.7 Å². The molecule has 2 aromatic carbocycles. The van der Waals surface area contributed by atoms with Gasteiger partial charge >= 0.3 is 11.7 Å². The number of carboxylic acid groups (broad SMARTS) is 1. The van der Waals surface area contributed by atoms with E-state index in [2.05, 4.69) is 4.98 Å². The zero-order valence-corrected chi connectivity index (χ0v) is 16.4. The Balaban J connectivity index is 2.22. The highest BCUT2D eigenvalue weighted by Crippen LogP contribution is 2.40. The van der Waals surface area contributed by atoms with Gasteiger partial charge in [0.15, 0.2) is 5.60 Å². The molecule has 8 nitrogen and oxygen atoms in total. The minimum Gasteiger partial charge on any atom is -0.478 e. The van der Waals surface area contributed by atoms with Crippen LogP contribution in [0.5, 0.6) is 5.88 Å². The molecule has 1 atom stereocenters. The molecule has 0 aliphatic carbocycles. The molecular formula is C22H20N2O6. The van der Waals surface area contributed by atoms with Crippen LogP contribution < -0.4 is 4.74 Å². The topological polar surface area (TPSA) is 112 Å². The number of aryl methyl sites for hydroxylation is 1. The molecule has 0 aliphatic rings. The summed E-state index contributed by atoms with van der Waals surface area (Å²) in [4.78, 5) is 27.2. The van der Waals surface area contributed by atoms with Crippen molar-refractivity contribution in [3.8, 4) is 5.88 Å². The molecule has 0 fully saturated rings. The van der Waals surface area contributed by atoms with Crippen LogP contribution in [0.2, 0.25) is 0 Å². The van der Waals surface area contributed by atoms with Gasteiger partial charge in [0.1, 0.15) is 0 Å². The Morgan fingerprint density at radius 2 is 1.63 bits per heavy atom. The number of aromatic nitrogens is 1. The lowest BCUT2D eigenvalue weighted by Crippen LogP contribution is -2.50. The highest BCUT2D eigenvalue weighted by Gasteiger charge is 2.49. The standard InChI is InChI=1S/C22H20N2O6/c1-15-13-18(24(27)28)20(23-14-15)30-19(21(25)26)22(29-2,16-9-5-3-6-10-16)17-11-7-4-8-12-17/h3-14,19H,1-2H3,(H,25,26). The number of carbonyl (C=O) groups is 1. The summed E-state index contributed by atoms with van der Waals surface area (Å²) in [5.41, 5.74) is -0.437. The van der Waals surface area contributed by atoms with E-state index in [0.717, 1.165) is 0 Å². The fourth-order valence-electron chi connectivity index (χ4n) is 3.37. The van der Waals surface area contributed by atoms with Crippen LogP contribution in [-0.2, 0) is 15.1 Å². The number of rotatable bonds is 8. The van der Waals surface area contributed by atoms with E-state index in [-0.39, 0.29) is 0 Å². The minimum absolute atomic E-state index is 0.397. The van der Waals surface area contributed by atoms with Crippen molar-refractivity contribution in [2.75, 3.05) is 7.11 Å². The van der Waals surface area contributed by atoms with Gasteiger partial charge in [0.2, 0.25) is 6.10 Å². The molecule has 1 heterocycles. The molecule has 0 saturated heterocycles. The number of methoxy groups -OCH3 is 1. The number of hydrogen-bond donors (Lipinski definition) is 1. The number of carboxylic acids is 1. The third kappa shape index (κ3) is 3.85. The number of hydrogen-bond acceptors (Lipinski definition) is 6. The van der Waals surface area contributed by atoms with Gasteiger partial charge < -0.3 is 14.6 Å². The molecule has 0 amide bonds. The first kappa shape index (κ1) is 20.9. The predicted octanol–water partition coefficient (Wildman–Crippen LogP) is 3.72. The van der Waals surface area contributed by atoms with Gasteiger partial charge in [-0.3, -0.25) is 10.1 Å². The van der Waals surface area contributed by atoms with Crippen LogP contribution in [0.1, 0.15) is 16.7 Å². The van der Waals surface area contributed by atoms with E-state index in [0.29, 0.717) is 16.7 Å². The van der Waals surface area contributed by atoms with Crippen LogP contribution >= 0.6 is 0 Å². The van der Waals surface area contributed by atoms with E-state index in [1.807, 2.05) is 0 Å². The molecule has 0 saturated carbocycles. The number of ether oxygens (including phenoxy) is 2. The first-order chi connectivity index (χ1) is 14.4. The van der Waals surface area contributed by atoms with Crippen LogP contribution in [0.3, 0.4) is 0 Å². The minimum atomic E-state index is -1.67. The van der Waals surface area contributed by atoms with Crippen molar-refractivity contribution in [3.63, 3.8) is 0 Å². The highest BCUT2D eigenvalue weighted by atomic mass is 16.6. The molecule has 1 unspecified atom stereocenters. The quantitative estimate of drug-likeness (QED) is 0.446. The lowest BCUT2D eigenvalue weighted by molar-refractivity contribution is -0.386. The summed E-state index contributed by atoms with van der Waals surface area (Å²) < 4.78 is 11.5. The Kier molecular flexibility index (Phi) is 6.08. The normalized spacial score (nSPS) is 12.2. The fourth-order valence-corrected chi connectivity index (χ4v) is 3.37. The van der Waals surface area contributed by atoms with Crippen LogP contribution in [0.4, 0.5) is 5.69 Å². The number of nitrogens with zero attached hydrogens (tertiary/aromatic N) is 2. The Labute approximate surface area is 172 Å². The van der Waals surface area contributed by atoms with E-state index in [1.54, 1.807) is 67.6 Å². The fraction of sp³-hybridized carbons (Fsp3) is 0.182. The third-order valence-corrected chi connectivity index (χ3v) is 4.72. The summed E-state index contributed by atoms with van der Waals surface area (Å²) in [7, 11) is 1.37. The van der Waals surface area contributed by atoms with Crippen LogP contribution in [0.25, 0.3) is 0 Å². The molecular weight excluding hydrogens is 388 g/mol. The second-order valence-electron chi connectivity index (χ2n) is 6.60. The first-order valence-corrected chi connectivity index (χ1v) is 9.07. The summed E-state index contributed by atoms with van der Waals surface area (Å²) in [5.74, 6) is -1.76. The summed E-state index contributed by atoms with van der Waals surface area (Å²) in [5, 5.41) is 21.6. The molecule has 1 N–H and O–H groups in total. The van der Waals surface area contributed by atoms with Crippen molar-refractivity contribution in [3.05, 3.63) is 99.7 Å². The summed E-state index contributed by atoms with van der Waals surface area (Å²) in [6.07, 6.45) is -0.290. The van der Waals surface area contributed by atoms with E-state index < -0.39 is 34.2 Å². The van der Waals surface area contributed by atoms with Crippen molar-refractivity contribution in [2.45, 2.75) is 18.6 Å². The molecule has 0 bridgehead atoms. The summed E-state index contributed by atoms with van der Waals surface area (Å²) in [6.45, 7) is 1.64. The SMILES string of the molecule is COC(c1ccccc1)(c1ccccc1)C(Oc1ncc(C)cc1[N+](=O)[O-])C(=O)O. The van der Waals surface area contributed by atoms with Crippen molar-refractivity contribution < 1.29 is 24.3 Å². The average Bonchev–Trinajstić information content (AvgIpc) is 2.76. The zero-order chi connectivity index (χ0) is 21.7. The molecule has 0 spiro atoms. The van der Waals surface area contributed by atoms with E-state index in [9.17, 15) is 20.0 Å². The van der Waals surface area contributed by atoms with Gasteiger partial charge in [-0.1, -0.05) is 60.7 Å². The predicted molar refractivity (Wildman–Crippen MR) is 108 cm³/mol. The number of nitro groups is 1. The monoisotopic (exact) mass is 408 g/mol. The van der Waals surface area contributed by atoms with Gasteiger partial charge in [0.05, 0.1) is 4.92 Å². The molecule has 154 valence electrons. The van der Waals surface area contributed by atoms with Crippen LogP contribution in [-0.4, -0.2) is 34.2 Å². The third-order valence-electron chi connectivity index (χ3n) is 4.72. The molecule has 30 heavy (non-hydrogen) atoms. The second kappa shape index (κ2) is 8.71. The van der Waals surface area contributed by atoms with Crippen molar-refractivity contribution in [1.82, 2.24) is 4.98 Å². The maximum atomic E-state index is 12.4. The van der Waals surface area contributed by atoms with Crippen molar-refractivity contribution in [2.24, 2.45) is 0 Å². The Morgan fingerprint density at radius 3 is 2.07 bits per heavy atom.